The zero-order valence-electron chi connectivity index (χ0n) is 10.8. The van der Waals surface area contributed by atoms with Gasteiger partial charge in [-0.2, -0.15) is 13.2 Å². The maximum absolute atomic E-state index is 13.4. The number of hydrogen-bond acceptors (Lipinski definition) is 3. The van der Waals surface area contributed by atoms with E-state index in [9.17, 15) is 22.4 Å². The summed E-state index contributed by atoms with van der Waals surface area (Å²) in [4.78, 5) is 11.1. The van der Waals surface area contributed by atoms with Gasteiger partial charge in [0.2, 0.25) is 0 Å². The van der Waals surface area contributed by atoms with Crippen LogP contribution in [-0.4, -0.2) is 26.0 Å². The van der Waals surface area contributed by atoms with Crippen LogP contribution in [0.2, 0.25) is 0 Å². The van der Waals surface area contributed by atoms with Gasteiger partial charge < -0.3 is 14.8 Å². The predicted octanol–water partition coefficient (Wildman–Crippen LogP) is 3.18. The van der Waals surface area contributed by atoms with Crippen molar-refractivity contribution in [2.24, 2.45) is 0 Å². The number of alkyl carbamates (subject to hydrolysis) is 1. The van der Waals surface area contributed by atoms with Gasteiger partial charge in [0.25, 0.3) is 0 Å². The second kappa shape index (κ2) is 6.44. The highest BCUT2D eigenvalue weighted by atomic mass is 19.4. The zero-order valence-corrected chi connectivity index (χ0v) is 10.8. The molecule has 1 amide bonds. The number of alkyl halides is 3. The summed E-state index contributed by atoms with van der Waals surface area (Å²) >= 11 is 0. The molecule has 0 heterocycles. The van der Waals surface area contributed by atoms with Gasteiger partial charge in [-0.05, 0) is 24.6 Å². The Morgan fingerprint density at radius 2 is 2.05 bits per heavy atom. The highest BCUT2D eigenvalue weighted by molar-refractivity contribution is 5.67. The van der Waals surface area contributed by atoms with Gasteiger partial charge in [-0.3, -0.25) is 0 Å². The summed E-state index contributed by atoms with van der Waals surface area (Å²) in [6, 6.07) is 3.24. The van der Waals surface area contributed by atoms with Crippen LogP contribution in [-0.2, 0) is 4.74 Å². The minimum atomic E-state index is -4.59. The van der Waals surface area contributed by atoms with Crippen molar-refractivity contribution in [1.82, 2.24) is 5.32 Å². The first-order chi connectivity index (χ1) is 9.23. The van der Waals surface area contributed by atoms with E-state index in [1.807, 2.05) is 0 Å². The number of hydrogen-bond donors (Lipinski definition) is 1. The third kappa shape index (κ3) is 4.94. The number of halogens is 4. The molecule has 0 aliphatic rings. The van der Waals surface area contributed by atoms with Gasteiger partial charge in [0.1, 0.15) is 0 Å². The fourth-order valence-corrected chi connectivity index (χ4v) is 1.40. The molecule has 1 atom stereocenters. The fourth-order valence-electron chi connectivity index (χ4n) is 1.40. The van der Waals surface area contributed by atoms with E-state index in [4.69, 9.17) is 4.74 Å². The van der Waals surface area contributed by atoms with Crippen LogP contribution in [0, 0.1) is 5.82 Å². The molecule has 4 nitrogen and oxygen atoms in total. The lowest BCUT2D eigenvalue weighted by molar-refractivity contribution is -0.160. The molecule has 0 saturated carbocycles. The van der Waals surface area contributed by atoms with E-state index in [1.165, 1.54) is 26.2 Å². The molecule has 0 aliphatic carbocycles. The van der Waals surface area contributed by atoms with E-state index in [1.54, 1.807) is 0 Å². The second-order valence-corrected chi connectivity index (χ2v) is 3.95. The Morgan fingerprint density at radius 1 is 1.40 bits per heavy atom. The summed E-state index contributed by atoms with van der Waals surface area (Å²) in [5, 5.41) is 2.16. The molecule has 0 fully saturated rings. The van der Waals surface area contributed by atoms with Gasteiger partial charge >= 0.3 is 12.3 Å². The summed E-state index contributed by atoms with van der Waals surface area (Å²) in [5.74, 6) is -0.608. The number of benzene rings is 1. The van der Waals surface area contributed by atoms with Crippen LogP contribution in [0.4, 0.5) is 22.4 Å². The molecule has 8 heteroatoms. The molecule has 1 aromatic carbocycles. The van der Waals surface area contributed by atoms with Crippen molar-refractivity contribution >= 4 is 6.09 Å². The minimum Gasteiger partial charge on any atom is -0.494 e. The summed E-state index contributed by atoms with van der Waals surface area (Å²) in [5.41, 5.74) is 0.368. The summed E-state index contributed by atoms with van der Waals surface area (Å²) < 4.78 is 57.7. The van der Waals surface area contributed by atoms with E-state index in [2.05, 4.69) is 10.1 Å². The van der Waals surface area contributed by atoms with E-state index in [0.29, 0.717) is 5.56 Å². The molecule has 112 valence electrons. The van der Waals surface area contributed by atoms with Gasteiger partial charge in [0, 0.05) is 0 Å². The van der Waals surface area contributed by atoms with Crippen LogP contribution >= 0.6 is 0 Å². The maximum Gasteiger partial charge on any atom is 0.422 e. The van der Waals surface area contributed by atoms with Gasteiger partial charge in [-0.15, -0.1) is 0 Å². The quantitative estimate of drug-likeness (QED) is 0.868. The number of rotatable bonds is 4. The molecule has 1 aromatic rings. The highest BCUT2D eigenvalue weighted by Gasteiger charge is 2.29. The van der Waals surface area contributed by atoms with Gasteiger partial charge in [0.15, 0.2) is 18.2 Å². The molecule has 1 N–H and O–H groups in total. The van der Waals surface area contributed by atoms with Crippen LogP contribution in [0.15, 0.2) is 18.2 Å². The third-order valence-corrected chi connectivity index (χ3v) is 2.38. The first-order valence-electron chi connectivity index (χ1n) is 5.56. The number of nitrogens with one attached hydrogen (secondary N) is 1. The van der Waals surface area contributed by atoms with Crippen molar-refractivity contribution in [3.63, 3.8) is 0 Å². The lowest BCUT2D eigenvalue weighted by atomic mass is 10.1. The first-order valence-corrected chi connectivity index (χ1v) is 5.56. The smallest absolute Gasteiger partial charge is 0.422 e. The van der Waals surface area contributed by atoms with Crippen LogP contribution in [0.1, 0.15) is 18.5 Å². The van der Waals surface area contributed by atoms with Crippen LogP contribution in [0.5, 0.6) is 5.75 Å². The number of carbonyl (C=O) groups excluding carboxylic acids is 1. The molecule has 1 rings (SSSR count). The Kier molecular flexibility index (Phi) is 5.18. The average molecular weight is 295 g/mol. The lowest BCUT2D eigenvalue weighted by Crippen LogP contribution is -2.31. The van der Waals surface area contributed by atoms with Crippen LogP contribution in [0.25, 0.3) is 0 Å². The predicted molar refractivity (Wildman–Crippen MR) is 61.9 cm³/mol. The Bertz CT molecular complexity index is 476. The van der Waals surface area contributed by atoms with Crippen molar-refractivity contribution < 1.29 is 31.8 Å². The molecule has 20 heavy (non-hydrogen) atoms. The normalized spacial score (nSPS) is 12.7. The van der Waals surface area contributed by atoms with E-state index < -0.39 is 30.7 Å². The van der Waals surface area contributed by atoms with Gasteiger partial charge in [-0.1, -0.05) is 6.07 Å². The SMILES string of the molecule is COc1ccc(C(C)NC(=O)OCC(F)(F)F)cc1F. The summed E-state index contributed by atoms with van der Waals surface area (Å²) in [6.45, 7) is -0.196. The van der Waals surface area contributed by atoms with Gasteiger partial charge in [0.05, 0.1) is 13.2 Å². The maximum atomic E-state index is 13.4. The first kappa shape index (κ1) is 16.1. The van der Waals surface area contributed by atoms with Crippen molar-refractivity contribution in [3.05, 3.63) is 29.6 Å². The van der Waals surface area contributed by atoms with E-state index in [-0.39, 0.29) is 5.75 Å². The standard InChI is InChI=1S/C12H13F4NO3/c1-7(17-11(18)20-6-12(14,15)16)8-3-4-10(19-2)9(13)5-8/h3-5,7H,6H2,1-2H3,(H,17,18). The second-order valence-electron chi connectivity index (χ2n) is 3.95. The summed E-state index contributed by atoms with van der Waals surface area (Å²) in [7, 11) is 1.30. The Morgan fingerprint density at radius 3 is 2.55 bits per heavy atom. The molecule has 0 saturated heterocycles. The monoisotopic (exact) mass is 295 g/mol. The lowest BCUT2D eigenvalue weighted by Gasteiger charge is -2.15. The molecular weight excluding hydrogens is 282 g/mol. The third-order valence-electron chi connectivity index (χ3n) is 2.38. The molecule has 0 aromatic heterocycles. The van der Waals surface area contributed by atoms with Crippen molar-refractivity contribution in [3.8, 4) is 5.75 Å². The largest absolute Gasteiger partial charge is 0.494 e. The Balaban J connectivity index is 2.60. The Labute approximate surface area is 112 Å². The molecule has 0 aliphatic heterocycles. The number of carbonyl (C=O) groups is 1. The topological polar surface area (TPSA) is 47.6 Å². The molecule has 1 unspecified atom stereocenters. The number of amides is 1. The molecule has 0 radical (unpaired) electrons. The number of ether oxygens (including phenoxy) is 2. The Hall–Kier alpha value is -1.99. The number of methoxy groups -OCH3 is 1. The van der Waals surface area contributed by atoms with E-state index in [0.717, 1.165) is 6.07 Å². The minimum absolute atomic E-state index is 0.0283. The molecule has 0 spiro atoms. The van der Waals surface area contributed by atoms with Gasteiger partial charge in [-0.25, -0.2) is 9.18 Å². The zero-order chi connectivity index (χ0) is 15.3. The summed E-state index contributed by atoms with van der Waals surface area (Å²) in [6.07, 6.45) is -5.82. The van der Waals surface area contributed by atoms with E-state index >= 15 is 0 Å². The van der Waals surface area contributed by atoms with Crippen LogP contribution < -0.4 is 10.1 Å². The van der Waals surface area contributed by atoms with Crippen molar-refractivity contribution in [2.45, 2.75) is 19.1 Å². The van der Waals surface area contributed by atoms with Crippen molar-refractivity contribution in [2.75, 3.05) is 13.7 Å². The van der Waals surface area contributed by atoms with Crippen LogP contribution in [0.3, 0.4) is 0 Å². The average Bonchev–Trinajstić information content (AvgIpc) is 2.35. The molecule has 0 bridgehead atoms. The molecular formula is C12H13F4NO3. The fraction of sp³-hybridized carbons (Fsp3) is 0.417. The highest BCUT2D eigenvalue weighted by Crippen LogP contribution is 2.22. The van der Waals surface area contributed by atoms with Crippen molar-refractivity contribution in [1.29, 1.82) is 0 Å².